The quantitative estimate of drug-likeness (QED) is 0.919. The van der Waals surface area contributed by atoms with E-state index >= 15 is 0 Å². The summed E-state index contributed by atoms with van der Waals surface area (Å²) in [5.41, 5.74) is 0. The molecule has 0 radical (unpaired) electrons. The lowest BCUT2D eigenvalue weighted by Crippen LogP contribution is -2.39. The van der Waals surface area contributed by atoms with Crippen LogP contribution in [0.2, 0.25) is 0 Å². The van der Waals surface area contributed by atoms with E-state index in [0.717, 1.165) is 24.1 Å². The highest BCUT2D eigenvalue weighted by molar-refractivity contribution is 5.02. The monoisotopic (exact) mass is 278 g/mol. The van der Waals surface area contributed by atoms with Crippen LogP contribution >= 0.6 is 0 Å². The molecule has 0 aromatic carbocycles. The van der Waals surface area contributed by atoms with Gasteiger partial charge in [0.2, 0.25) is 0 Å². The molecule has 1 saturated carbocycles. The second-order valence-corrected chi connectivity index (χ2v) is 6.37. The van der Waals surface area contributed by atoms with Gasteiger partial charge in [-0.1, -0.05) is 19.8 Å². The first-order chi connectivity index (χ1) is 9.76. The van der Waals surface area contributed by atoms with Crippen LogP contribution in [0.4, 0.5) is 0 Å². The van der Waals surface area contributed by atoms with Crippen molar-refractivity contribution in [2.75, 3.05) is 7.11 Å². The van der Waals surface area contributed by atoms with Gasteiger partial charge in [0, 0.05) is 19.7 Å². The summed E-state index contributed by atoms with van der Waals surface area (Å²) >= 11 is 0. The predicted octanol–water partition coefficient (Wildman–Crippen LogP) is 2.43. The molecule has 20 heavy (non-hydrogen) atoms. The number of aromatic nitrogens is 3. The number of hydrogen-bond acceptors (Lipinski definition) is 4. The lowest BCUT2D eigenvalue weighted by Gasteiger charge is -2.32. The lowest BCUT2D eigenvalue weighted by molar-refractivity contribution is 0.177. The van der Waals surface area contributed by atoms with Crippen molar-refractivity contribution in [1.29, 1.82) is 0 Å². The van der Waals surface area contributed by atoms with E-state index < -0.39 is 0 Å². The minimum atomic E-state index is 0.372. The topological polar surface area (TPSA) is 52.0 Å². The average molecular weight is 278 g/mol. The van der Waals surface area contributed by atoms with Gasteiger partial charge in [0.1, 0.15) is 12.4 Å². The van der Waals surface area contributed by atoms with Crippen molar-refractivity contribution in [3.63, 3.8) is 0 Å². The third kappa shape index (κ3) is 3.04. The van der Waals surface area contributed by atoms with E-state index in [1.807, 2.05) is 0 Å². The van der Waals surface area contributed by atoms with Crippen molar-refractivity contribution in [2.24, 2.45) is 5.92 Å². The second kappa shape index (κ2) is 6.22. The molecule has 1 aromatic rings. The summed E-state index contributed by atoms with van der Waals surface area (Å²) in [4.78, 5) is 4.67. The zero-order valence-electron chi connectivity index (χ0n) is 12.6. The molecule has 2 aliphatic rings. The Labute approximate surface area is 121 Å². The number of fused-ring (bicyclic) bond motifs is 1. The molecule has 1 fully saturated rings. The van der Waals surface area contributed by atoms with Crippen LogP contribution in [0.15, 0.2) is 0 Å². The van der Waals surface area contributed by atoms with Gasteiger partial charge in [-0.05, 0) is 31.6 Å². The minimum absolute atomic E-state index is 0.372. The lowest BCUT2D eigenvalue weighted by atomic mass is 9.86. The third-order valence-corrected chi connectivity index (χ3v) is 4.57. The fourth-order valence-corrected chi connectivity index (χ4v) is 3.62. The van der Waals surface area contributed by atoms with Crippen LogP contribution < -0.4 is 5.32 Å². The third-order valence-electron chi connectivity index (χ3n) is 4.57. The Morgan fingerprint density at radius 2 is 2.20 bits per heavy atom. The molecule has 1 aliphatic carbocycles. The van der Waals surface area contributed by atoms with Gasteiger partial charge in [0.15, 0.2) is 5.82 Å². The van der Waals surface area contributed by atoms with Gasteiger partial charge in [-0.2, -0.15) is 5.10 Å². The molecule has 1 N–H and O–H groups in total. The molecular formula is C15H26N4O. The smallest absolute Gasteiger partial charge is 0.176 e. The number of nitrogens with one attached hydrogen (secondary N) is 1. The summed E-state index contributed by atoms with van der Waals surface area (Å²) in [5, 5.41) is 8.38. The fraction of sp³-hybridized carbons (Fsp3) is 0.867. The van der Waals surface area contributed by atoms with E-state index in [0.29, 0.717) is 18.7 Å². The van der Waals surface area contributed by atoms with Crippen molar-refractivity contribution in [1.82, 2.24) is 20.1 Å². The predicted molar refractivity (Wildman–Crippen MR) is 77.3 cm³/mol. The van der Waals surface area contributed by atoms with Crippen molar-refractivity contribution < 1.29 is 4.74 Å². The van der Waals surface area contributed by atoms with Crippen LogP contribution in [0, 0.1) is 5.92 Å². The maximum absolute atomic E-state index is 5.15. The van der Waals surface area contributed by atoms with E-state index in [1.54, 1.807) is 7.11 Å². The number of methoxy groups -OCH3 is 1. The molecule has 1 aliphatic heterocycles. The minimum Gasteiger partial charge on any atom is -0.377 e. The number of ether oxygens (including phenoxy) is 1. The maximum Gasteiger partial charge on any atom is 0.176 e. The van der Waals surface area contributed by atoms with Crippen LogP contribution in [0.5, 0.6) is 0 Å². The molecule has 5 heteroatoms. The normalized spacial score (nSPS) is 30.2. The average Bonchev–Trinajstić information content (AvgIpc) is 2.83. The Bertz CT molecular complexity index is 445. The largest absolute Gasteiger partial charge is 0.377 e. The Balaban J connectivity index is 1.69. The van der Waals surface area contributed by atoms with Crippen LogP contribution in [0.1, 0.15) is 63.1 Å². The summed E-state index contributed by atoms with van der Waals surface area (Å²) in [7, 11) is 1.69. The van der Waals surface area contributed by atoms with Gasteiger partial charge in [-0.3, -0.25) is 0 Å². The zero-order chi connectivity index (χ0) is 13.9. The maximum atomic E-state index is 5.15. The zero-order valence-corrected chi connectivity index (χ0v) is 12.6. The molecule has 0 bridgehead atoms. The highest BCUT2D eigenvalue weighted by atomic mass is 16.5. The highest BCUT2D eigenvalue weighted by Gasteiger charge is 2.28. The standard InChI is InChI=1S/C15H26N4O/c1-11-5-3-6-12(9-11)16-13-7-4-8-19-15(13)17-14(18-19)10-20-2/h11-13,16H,3-10H2,1-2H3/t11-,12+,13-/m0/s1. The van der Waals surface area contributed by atoms with E-state index in [9.17, 15) is 0 Å². The molecule has 0 saturated heterocycles. The van der Waals surface area contributed by atoms with Crippen LogP contribution in [0.25, 0.3) is 0 Å². The van der Waals surface area contributed by atoms with Gasteiger partial charge in [0.05, 0.1) is 6.04 Å². The number of rotatable bonds is 4. The van der Waals surface area contributed by atoms with E-state index in [4.69, 9.17) is 4.74 Å². The number of hydrogen-bond donors (Lipinski definition) is 1. The number of nitrogens with zero attached hydrogens (tertiary/aromatic N) is 3. The van der Waals surface area contributed by atoms with E-state index in [-0.39, 0.29) is 0 Å². The molecular weight excluding hydrogens is 252 g/mol. The molecule has 2 heterocycles. The summed E-state index contributed by atoms with van der Waals surface area (Å²) in [6.07, 6.45) is 7.71. The van der Waals surface area contributed by atoms with E-state index in [1.165, 1.54) is 38.5 Å². The Morgan fingerprint density at radius 3 is 3.00 bits per heavy atom. The first-order valence-corrected chi connectivity index (χ1v) is 7.95. The Kier molecular flexibility index (Phi) is 4.36. The van der Waals surface area contributed by atoms with Crippen LogP contribution in [-0.2, 0) is 17.9 Å². The molecule has 5 nitrogen and oxygen atoms in total. The molecule has 0 amide bonds. The van der Waals surface area contributed by atoms with Crippen molar-refractivity contribution in [3.8, 4) is 0 Å². The van der Waals surface area contributed by atoms with E-state index in [2.05, 4.69) is 27.0 Å². The van der Waals surface area contributed by atoms with Crippen LogP contribution in [-0.4, -0.2) is 27.9 Å². The van der Waals surface area contributed by atoms with Gasteiger partial charge in [-0.15, -0.1) is 0 Å². The molecule has 0 unspecified atom stereocenters. The van der Waals surface area contributed by atoms with Crippen molar-refractivity contribution in [2.45, 2.75) is 70.7 Å². The van der Waals surface area contributed by atoms with Crippen LogP contribution in [0.3, 0.4) is 0 Å². The fourth-order valence-electron chi connectivity index (χ4n) is 3.62. The summed E-state index contributed by atoms with van der Waals surface area (Å²) in [6.45, 7) is 3.87. The summed E-state index contributed by atoms with van der Waals surface area (Å²) < 4.78 is 7.22. The Hall–Kier alpha value is -0.940. The van der Waals surface area contributed by atoms with Crippen molar-refractivity contribution in [3.05, 3.63) is 11.6 Å². The Morgan fingerprint density at radius 1 is 1.30 bits per heavy atom. The molecule has 112 valence electrons. The SMILES string of the molecule is COCc1nc2n(n1)CCC[C@@H]2N[C@@H]1CCC[C@H](C)C1. The summed E-state index contributed by atoms with van der Waals surface area (Å²) in [6, 6.07) is 1.02. The second-order valence-electron chi connectivity index (χ2n) is 6.37. The molecule has 1 aromatic heterocycles. The van der Waals surface area contributed by atoms with Gasteiger partial charge in [-0.25, -0.2) is 9.67 Å². The summed E-state index contributed by atoms with van der Waals surface area (Å²) in [5.74, 6) is 2.78. The molecule has 3 rings (SSSR count). The first-order valence-electron chi connectivity index (χ1n) is 7.95. The number of aryl methyl sites for hydroxylation is 1. The molecule has 0 spiro atoms. The van der Waals surface area contributed by atoms with Gasteiger partial charge in [0.25, 0.3) is 0 Å². The van der Waals surface area contributed by atoms with Crippen molar-refractivity contribution >= 4 is 0 Å². The van der Waals surface area contributed by atoms with Gasteiger partial charge >= 0.3 is 0 Å². The van der Waals surface area contributed by atoms with Gasteiger partial charge < -0.3 is 10.1 Å². The first kappa shape index (κ1) is 14.0. The highest BCUT2D eigenvalue weighted by Crippen LogP contribution is 2.29. The molecule has 3 atom stereocenters.